The van der Waals surface area contributed by atoms with Crippen LogP contribution >= 0.6 is 0 Å². The number of benzene rings is 18. The second-order valence-electron chi connectivity index (χ2n) is 33.1. The third-order valence-corrected chi connectivity index (χ3v) is 250. The maximum atomic E-state index is 17.0. The van der Waals surface area contributed by atoms with Crippen LogP contribution in [0.3, 0.4) is 0 Å². The Hall–Kier alpha value is -8.76. The molecule has 0 amide bonds. The second kappa shape index (κ2) is 42.0. The average molecular weight is 2030 g/mol. The molecule has 3 aliphatic rings. The Morgan fingerprint density at radius 3 is 0.496 bits per heavy atom. The molecule has 3 unspecified atom stereocenters. The minimum absolute atomic E-state index is 0. The molecule has 0 aromatic heterocycles. The summed E-state index contributed by atoms with van der Waals surface area (Å²) in [5.74, 6) is 0. The Kier molecular flexibility index (Phi) is 30.2. The maximum absolute atomic E-state index is 17.0. The van der Waals surface area contributed by atoms with Gasteiger partial charge in [-0.2, -0.15) is 0 Å². The molecule has 3 heterocycles. The van der Waals surface area contributed by atoms with Crippen LogP contribution in [0.15, 0.2) is 546 Å². The summed E-state index contributed by atoms with van der Waals surface area (Å²) in [6.45, 7) is 0. The first-order chi connectivity index (χ1) is 63.7. The van der Waals surface area contributed by atoms with Gasteiger partial charge in [0.1, 0.15) is 35.5 Å². The molecule has 3 saturated heterocycles. The molecule has 18 aromatic carbocycles. The van der Waals surface area contributed by atoms with Crippen LogP contribution in [0, 0.1) is 0 Å². The fourth-order valence-corrected chi connectivity index (χ4v) is 405. The number of hydrogen-bond acceptors (Lipinski definition) is 3. The topological polar surface area (TPSA) is 63.5 Å². The van der Waals surface area contributed by atoms with Gasteiger partial charge in [0.2, 0.25) is 0 Å². The van der Waals surface area contributed by atoms with Crippen molar-refractivity contribution < 1.29 is 60.4 Å². The summed E-state index contributed by atoms with van der Waals surface area (Å²) >= 11 is 0. The molecule has 21 rings (SSSR count). The Morgan fingerprint density at radius 2 is 0.305 bits per heavy atom. The smallest absolute Gasteiger partial charge is 0.858 e. The van der Waals surface area contributed by atoms with Gasteiger partial charge < -0.3 is 14.4 Å². The van der Waals surface area contributed by atoms with Gasteiger partial charge in [0.15, 0.2) is 14.7 Å². The van der Waals surface area contributed by atoms with E-state index in [9.17, 15) is 9.59 Å². The average Bonchev–Trinajstić information content (AvgIpc) is 0.668. The summed E-state index contributed by atoms with van der Waals surface area (Å²) < 4.78 is 0. The van der Waals surface area contributed by atoms with Crippen molar-refractivity contribution in [1.29, 1.82) is 0 Å². The first-order valence-corrected chi connectivity index (χ1v) is 90.3. The molecule has 0 spiro atoms. The quantitative estimate of drug-likeness (QED) is 0.130. The summed E-state index contributed by atoms with van der Waals surface area (Å²) in [5, 5.41) is 25.1. The van der Waals surface area contributed by atoms with Gasteiger partial charge in [0.05, 0.1) is 30.6 Å². The third-order valence-electron chi connectivity index (χ3n) is 26.8. The van der Waals surface area contributed by atoms with E-state index < -0.39 is 88.2 Å². The van der Waals surface area contributed by atoms with Crippen molar-refractivity contribution in [3.63, 3.8) is 0 Å². The predicted octanol–water partition coefficient (Wildman–Crippen LogP) is 3.35. The summed E-state index contributed by atoms with van der Waals surface area (Å²) in [7, 11) is -27.4. The van der Waals surface area contributed by atoms with E-state index in [0.29, 0.717) is 34.2 Å². The minimum Gasteiger partial charge on any atom is -0.858 e. The van der Waals surface area contributed by atoms with E-state index in [1.165, 1.54) is 88.2 Å². The van der Waals surface area contributed by atoms with E-state index in [0.717, 1.165) is 22.3 Å². The van der Waals surface area contributed by atoms with Crippen molar-refractivity contribution in [1.82, 2.24) is 0 Å². The molecule has 0 aliphatic carbocycles. The summed E-state index contributed by atoms with van der Waals surface area (Å²) in [6, 6.07) is 203. The standard InChI is InChI=1S/2C36H31OSi6.C36H30OSi6.Na.Ni/c3*37-43(36-29-17-6-18-30-36)39-38-40(31-19-7-1-8-20-31)41(32-21-9-2-10-22-32,33-23-11-3-12-24-33)42(43,34-25-13-4-14-26-34)35-27-15-5-16-28-35;;/h2*1-30,37H;1-30H;;/q;;-1;+1;. The zero-order valence-corrected chi connectivity index (χ0v) is 93.6. The summed E-state index contributed by atoms with van der Waals surface area (Å²) in [4.78, 5) is 45.3. The fourth-order valence-electron chi connectivity index (χ4n) is 21.9. The first-order valence-electron chi connectivity index (χ1n) is 44.0. The van der Waals surface area contributed by atoms with Crippen LogP contribution in [-0.2, 0) is 16.5 Å². The van der Waals surface area contributed by atoms with Crippen molar-refractivity contribution >= 4 is 233 Å². The van der Waals surface area contributed by atoms with Gasteiger partial charge in [-0.3, -0.25) is 0 Å². The second-order valence-corrected chi connectivity index (χ2v) is 145. The van der Waals surface area contributed by atoms with E-state index in [1.54, 1.807) is 0 Å². The molecular formula is C108H92NaNiO3Si18. The predicted molar refractivity (Wildman–Crippen MR) is 577 cm³/mol. The molecular weight excluding hydrogens is 1930 g/mol. The largest absolute Gasteiger partial charge is 1.00 e. The molecule has 3 aliphatic heterocycles. The van der Waals surface area contributed by atoms with E-state index in [1.807, 2.05) is 0 Å². The van der Waals surface area contributed by atoms with Crippen LogP contribution < -0.4 is 128 Å². The Balaban J connectivity index is 0.000000136. The monoisotopic (exact) mass is 2020 g/mol. The third kappa shape index (κ3) is 16.1. The van der Waals surface area contributed by atoms with Crippen LogP contribution in [0.4, 0.5) is 0 Å². The Bertz CT molecular complexity index is 5750. The van der Waals surface area contributed by atoms with Crippen molar-refractivity contribution in [2.75, 3.05) is 0 Å². The van der Waals surface area contributed by atoms with Gasteiger partial charge in [-0.05, 0) is 26.3 Å². The van der Waals surface area contributed by atoms with Crippen molar-refractivity contribution in [3.8, 4) is 0 Å². The Labute approximate surface area is 830 Å². The zero-order chi connectivity index (χ0) is 87.5. The van der Waals surface area contributed by atoms with Crippen molar-refractivity contribution in [2.24, 2.45) is 0 Å². The van der Waals surface area contributed by atoms with Gasteiger partial charge in [0, 0.05) is 59.3 Å². The molecule has 131 heavy (non-hydrogen) atoms. The van der Waals surface area contributed by atoms with Gasteiger partial charge >= 0.3 is 29.6 Å². The molecule has 15 radical (unpaired) electrons. The van der Waals surface area contributed by atoms with Gasteiger partial charge in [-0.25, -0.2) is 0 Å². The van der Waals surface area contributed by atoms with Crippen LogP contribution in [0.2, 0.25) is 0 Å². The molecule has 0 saturated carbocycles. The van der Waals surface area contributed by atoms with Gasteiger partial charge in [-0.15, -0.1) is 0 Å². The SMILES string of the molecule is O[Si]1(c2ccccc2)[Si][Si][Si](c2ccccc2)[Si](c2ccccc2)(c2ccccc2)[Si]1(c1ccccc1)c1ccccc1.O[Si]1(c2ccccc2)[Si][Si][Si](c2ccccc2)[Si](c2ccccc2)(c2ccccc2)[Si]1(c1ccccc1)c1ccccc1.[Na+].[Ni].[O-][Si]1(c2ccccc2)[Si][Si][Si](c2ccccc2)[Si](c2ccccc2)(c2ccccc2)[Si]1(c1ccccc1)c1ccccc1. The molecule has 2 N–H and O–H groups in total. The number of hydrogen-bond donors (Lipinski definition) is 2. The summed E-state index contributed by atoms with van der Waals surface area (Å²) in [5.41, 5.74) is 0. The molecule has 3 nitrogen and oxygen atoms in total. The fraction of sp³-hybridized carbons (Fsp3) is 0. The normalized spacial score (nSPS) is 19.2. The van der Waals surface area contributed by atoms with Crippen LogP contribution in [0.25, 0.3) is 0 Å². The number of rotatable bonds is 18. The van der Waals surface area contributed by atoms with Crippen LogP contribution in [0.1, 0.15) is 0 Å². The van der Waals surface area contributed by atoms with E-state index in [-0.39, 0.29) is 46.0 Å². The van der Waals surface area contributed by atoms with Crippen LogP contribution in [-0.4, -0.2) is 149 Å². The molecule has 23 heteroatoms. The maximum Gasteiger partial charge on any atom is 1.00 e. The molecule has 0 bridgehead atoms. The molecule has 18 aromatic rings. The van der Waals surface area contributed by atoms with Gasteiger partial charge in [-0.1, -0.05) is 629 Å². The minimum atomic E-state index is -3.43. The van der Waals surface area contributed by atoms with Crippen LogP contribution in [0.5, 0.6) is 0 Å². The molecule has 3 fully saturated rings. The first kappa shape index (κ1) is 94.0. The zero-order valence-electron chi connectivity index (χ0n) is 72.6. The van der Waals surface area contributed by atoms with Crippen molar-refractivity contribution in [3.05, 3.63) is 546 Å². The van der Waals surface area contributed by atoms with E-state index >= 15 is 4.80 Å². The van der Waals surface area contributed by atoms with E-state index in [2.05, 4.69) is 546 Å². The van der Waals surface area contributed by atoms with Crippen molar-refractivity contribution in [2.45, 2.75) is 0 Å². The Morgan fingerprint density at radius 1 is 0.168 bits per heavy atom. The molecule has 625 valence electrons. The van der Waals surface area contributed by atoms with Gasteiger partial charge in [0.25, 0.3) is 0 Å². The summed E-state index contributed by atoms with van der Waals surface area (Å²) in [6.07, 6.45) is 0. The molecule has 3 atom stereocenters. The van der Waals surface area contributed by atoms with E-state index in [4.69, 9.17) is 0 Å².